The Bertz CT molecular complexity index is 1030. The zero-order valence-corrected chi connectivity index (χ0v) is 17.0. The van der Waals surface area contributed by atoms with E-state index in [1.54, 1.807) is 0 Å². The van der Waals surface area contributed by atoms with Crippen molar-refractivity contribution in [1.82, 2.24) is 14.9 Å². The van der Waals surface area contributed by atoms with Crippen molar-refractivity contribution in [1.29, 1.82) is 0 Å². The number of aryl methyl sites for hydroxylation is 1. The summed E-state index contributed by atoms with van der Waals surface area (Å²) < 4.78 is 0. The lowest BCUT2D eigenvalue weighted by molar-refractivity contribution is 0.206. The topological polar surface area (TPSA) is 61.4 Å². The number of urea groups is 1. The normalized spacial score (nSPS) is 13.0. The van der Waals surface area contributed by atoms with Gasteiger partial charge in [-0.05, 0) is 24.6 Å². The molecule has 6 heteroatoms. The van der Waals surface area contributed by atoms with Gasteiger partial charge in [0.2, 0.25) is 0 Å². The van der Waals surface area contributed by atoms with Gasteiger partial charge in [0, 0.05) is 43.9 Å². The minimum absolute atomic E-state index is 0.0990. The summed E-state index contributed by atoms with van der Waals surface area (Å²) in [6.07, 6.45) is 0.708. The first-order chi connectivity index (χ1) is 14.0. The number of hydrogen-bond acceptors (Lipinski definition) is 4. The van der Waals surface area contributed by atoms with E-state index in [0.717, 1.165) is 39.7 Å². The van der Waals surface area contributed by atoms with Gasteiger partial charge < -0.3 is 15.1 Å². The predicted octanol–water partition coefficient (Wildman–Crippen LogP) is 4.11. The molecule has 6 nitrogen and oxygen atoms in total. The molecule has 0 aliphatic carbocycles. The molecule has 1 N–H and O–H groups in total. The molecule has 3 aromatic rings. The van der Waals surface area contributed by atoms with E-state index in [-0.39, 0.29) is 6.03 Å². The second-order valence-corrected chi connectivity index (χ2v) is 7.53. The molecule has 29 heavy (non-hydrogen) atoms. The number of carbonyl (C=O) groups excluding carboxylic acids is 1. The minimum Gasteiger partial charge on any atom is -0.362 e. The second-order valence-electron chi connectivity index (χ2n) is 7.53. The van der Waals surface area contributed by atoms with Crippen molar-refractivity contribution in [3.8, 4) is 11.4 Å². The summed E-state index contributed by atoms with van der Waals surface area (Å²) in [6, 6.07) is 17.7. The molecule has 0 radical (unpaired) electrons. The number of benzene rings is 2. The van der Waals surface area contributed by atoms with Gasteiger partial charge in [0.1, 0.15) is 5.82 Å². The van der Waals surface area contributed by atoms with Crippen LogP contribution in [0.3, 0.4) is 0 Å². The van der Waals surface area contributed by atoms with Crippen LogP contribution in [0.25, 0.3) is 11.4 Å². The summed E-state index contributed by atoms with van der Waals surface area (Å²) in [6.45, 7) is 3.14. The summed E-state index contributed by atoms with van der Waals surface area (Å²) in [5, 5.41) is 3.00. The van der Waals surface area contributed by atoms with Crippen molar-refractivity contribution in [2.45, 2.75) is 19.9 Å². The molecule has 0 spiro atoms. The monoisotopic (exact) mass is 387 g/mol. The first kappa shape index (κ1) is 18.9. The lowest BCUT2D eigenvalue weighted by atomic mass is 10.1. The van der Waals surface area contributed by atoms with Gasteiger partial charge in [-0.1, -0.05) is 42.5 Å². The second kappa shape index (κ2) is 7.91. The molecule has 0 saturated heterocycles. The molecule has 1 aliphatic rings. The predicted molar refractivity (Wildman–Crippen MR) is 116 cm³/mol. The number of carbonyl (C=O) groups is 1. The van der Waals surface area contributed by atoms with Crippen LogP contribution in [0.4, 0.5) is 16.3 Å². The van der Waals surface area contributed by atoms with Gasteiger partial charge in [-0.25, -0.2) is 14.8 Å². The Labute approximate surface area is 171 Å². The number of nitrogens with one attached hydrogen (secondary N) is 1. The van der Waals surface area contributed by atoms with Gasteiger partial charge in [0.05, 0.1) is 12.2 Å². The third-order valence-electron chi connectivity index (χ3n) is 5.05. The number of fused-ring (bicyclic) bond motifs is 1. The van der Waals surface area contributed by atoms with Gasteiger partial charge in [-0.3, -0.25) is 0 Å². The highest BCUT2D eigenvalue weighted by Crippen LogP contribution is 2.29. The third-order valence-corrected chi connectivity index (χ3v) is 5.05. The molecule has 2 heterocycles. The SMILES string of the molecule is Cc1cccc(NC(=O)N2CCc3nc(-c4ccccc4)nc(N(C)C)c3C2)c1. The van der Waals surface area contributed by atoms with Crippen LogP contribution in [0.2, 0.25) is 0 Å². The summed E-state index contributed by atoms with van der Waals surface area (Å²) in [7, 11) is 3.95. The molecule has 0 bridgehead atoms. The summed E-state index contributed by atoms with van der Waals surface area (Å²) in [5.74, 6) is 1.59. The van der Waals surface area contributed by atoms with E-state index < -0.39 is 0 Å². The maximum Gasteiger partial charge on any atom is 0.322 e. The van der Waals surface area contributed by atoms with E-state index in [1.165, 1.54) is 0 Å². The average molecular weight is 387 g/mol. The fourth-order valence-electron chi connectivity index (χ4n) is 3.58. The average Bonchev–Trinajstić information content (AvgIpc) is 2.73. The lowest BCUT2D eigenvalue weighted by Gasteiger charge is -2.31. The third kappa shape index (κ3) is 4.06. The van der Waals surface area contributed by atoms with Crippen molar-refractivity contribution < 1.29 is 4.79 Å². The van der Waals surface area contributed by atoms with Crippen LogP contribution in [0, 0.1) is 6.92 Å². The van der Waals surface area contributed by atoms with Crippen LogP contribution < -0.4 is 10.2 Å². The Balaban J connectivity index is 1.61. The number of anilines is 2. The Morgan fingerprint density at radius 1 is 1.07 bits per heavy atom. The van der Waals surface area contributed by atoms with Crippen LogP contribution in [0.1, 0.15) is 16.8 Å². The number of amides is 2. The van der Waals surface area contributed by atoms with Gasteiger partial charge in [0.25, 0.3) is 0 Å². The first-order valence-electron chi connectivity index (χ1n) is 9.76. The number of aromatic nitrogens is 2. The molecule has 148 valence electrons. The van der Waals surface area contributed by atoms with Gasteiger partial charge in [0.15, 0.2) is 5.82 Å². The maximum atomic E-state index is 12.8. The van der Waals surface area contributed by atoms with Crippen LogP contribution in [-0.2, 0) is 13.0 Å². The van der Waals surface area contributed by atoms with Crippen molar-refractivity contribution in [3.63, 3.8) is 0 Å². The molecule has 2 amide bonds. The van der Waals surface area contributed by atoms with E-state index in [4.69, 9.17) is 9.97 Å². The van der Waals surface area contributed by atoms with Crippen LogP contribution in [0.15, 0.2) is 54.6 Å². The molecule has 0 saturated carbocycles. The van der Waals surface area contributed by atoms with Crippen molar-refractivity contribution in [2.24, 2.45) is 0 Å². The highest BCUT2D eigenvalue weighted by molar-refractivity contribution is 5.89. The van der Waals surface area contributed by atoms with Crippen LogP contribution in [-0.4, -0.2) is 41.5 Å². The van der Waals surface area contributed by atoms with Crippen LogP contribution in [0.5, 0.6) is 0 Å². The zero-order chi connectivity index (χ0) is 20.4. The molecular weight excluding hydrogens is 362 g/mol. The summed E-state index contributed by atoms with van der Waals surface area (Å²) in [5.41, 5.74) is 4.95. The van der Waals surface area contributed by atoms with Crippen molar-refractivity contribution >= 4 is 17.5 Å². The molecule has 0 unspecified atom stereocenters. The van der Waals surface area contributed by atoms with Gasteiger partial charge in [-0.2, -0.15) is 0 Å². The van der Waals surface area contributed by atoms with Gasteiger partial charge >= 0.3 is 6.03 Å². The molecule has 2 aromatic carbocycles. The standard InChI is InChI=1S/C23H25N5O/c1-16-8-7-11-18(14-16)24-23(29)28-13-12-20-19(15-28)22(27(2)3)26-21(25-20)17-9-5-4-6-10-17/h4-11,14H,12-13,15H2,1-3H3,(H,24,29). The Morgan fingerprint density at radius 2 is 1.86 bits per heavy atom. The minimum atomic E-state index is -0.0990. The molecule has 0 fully saturated rings. The maximum absolute atomic E-state index is 12.8. The molecule has 1 aromatic heterocycles. The quantitative estimate of drug-likeness (QED) is 0.735. The lowest BCUT2D eigenvalue weighted by Crippen LogP contribution is -2.40. The summed E-state index contributed by atoms with van der Waals surface area (Å²) in [4.78, 5) is 26.3. The van der Waals surface area contributed by atoms with E-state index in [1.807, 2.05) is 85.4 Å². The molecule has 1 aliphatic heterocycles. The van der Waals surface area contributed by atoms with Gasteiger partial charge in [-0.15, -0.1) is 0 Å². The number of nitrogens with zero attached hydrogens (tertiary/aromatic N) is 4. The van der Waals surface area contributed by atoms with E-state index in [2.05, 4.69) is 5.32 Å². The highest BCUT2D eigenvalue weighted by atomic mass is 16.2. The highest BCUT2D eigenvalue weighted by Gasteiger charge is 2.26. The Kier molecular flexibility index (Phi) is 5.16. The van der Waals surface area contributed by atoms with Crippen LogP contribution >= 0.6 is 0 Å². The van der Waals surface area contributed by atoms with Crippen molar-refractivity contribution in [3.05, 3.63) is 71.4 Å². The largest absolute Gasteiger partial charge is 0.362 e. The van der Waals surface area contributed by atoms with Crippen molar-refractivity contribution in [2.75, 3.05) is 30.9 Å². The summed E-state index contributed by atoms with van der Waals surface area (Å²) >= 11 is 0. The number of rotatable bonds is 3. The Hall–Kier alpha value is -3.41. The van der Waals surface area contributed by atoms with E-state index in [0.29, 0.717) is 19.5 Å². The van der Waals surface area contributed by atoms with E-state index >= 15 is 0 Å². The molecule has 0 atom stereocenters. The Morgan fingerprint density at radius 3 is 2.59 bits per heavy atom. The first-order valence-corrected chi connectivity index (χ1v) is 9.76. The smallest absolute Gasteiger partial charge is 0.322 e. The zero-order valence-electron chi connectivity index (χ0n) is 17.0. The fourth-order valence-corrected chi connectivity index (χ4v) is 3.58. The van der Waals surface area contributed by atoms with E-state index in [9.17, 15) is 4.79 Å². The molecule has 4 rings (SSSR count). The number of hydrogen-bond donors (Lipinski definition) is 1. The fraction of sp³-hybridized carbons (Fsp3) is 0.261. The molecular formula is C23H25N5O.